The van der Waals surface area contributed by atoms with Gasteiger partial charge in [-0.25, -0.2) is 8.42 Å². The van der Waals surface area contributed by atoms with Crippen LogP contribution in [-0.4, -0.2) is 65.3 Å². The van der Waals surface area contributed by atoms with Gasteiger partial charge in [0.05, 0.1) is 24.7 Å². The van der Waals surface area contributed by atoms with Crippen molar-refractivity contribution in [2.75, 3.05) is 55.3 Å². The molecular weight excluding hydrogens is 390 g/mol. The van der Waals surface area contributed by atoms with Crippen LogP contribution in [0.4, 0.5) is 11.4 Å². The molecule has 0 spiro atoms. The quantitative estimate of drug-likeness (QED) is 0.720. The summed E-state index contributed by atoms with van der Waals surface area (Å²) in [5.74, 6) is 0.602. The number of sulfonamides is 1. The number of amides is 1. The number of carbonyl (C=O) groups is 1. The van der Waals surface area contributed by atoms with Gasteiger partial charge in [-0.2, -0.15) is 0 Å². The first-order chi connectivity index (χ1) is 13.8. The Morgan fingerprint density at radius 3 is 2.24 bits per heavy atom. The molecule has 0 aromatic heterocycles. The van der Waals surface area contributed by atoms with Gasteiger partial charge in [0.25, 0.3) is 0 Å². The molecule has 3 rings (SSSR count). The average Bonchev–Trinajstić information content (AvgIpc) is 2.72. The van der Waals surface area contributed by atoms with E-state index in [-0.39, 0.29) is 12.5 Å². The molecule has 0 bridgehead atoms. The highest BCUT2D eigenvalue weighted by molar-refractivity contribution is 7.92. The Morgan fingerprint density at radius 2 is 1.66 bits per heavy atom. The summed E-state index contributed by atoms with van der Waals surface area (Å²) in [7, 11) is -1.93. The van der Waals surface area contributed by atoms with E-state index in [2.05, 4.69) is 4.90 Å². The van der Waals surface area contributed by atoms with Crippen LogP contribution in [-0.2, 0) is 14.8 Å². The second-order valence-corrected chi connectivity index (χ2v) is 9.05. The van der Waals surface area contributed by atoms with E-state index in [0.29, 0.717) is 31.9 Å². The number of aryl methyl sites for hydroxylation is 1. The second kappa shape index (κ2) is 8.73. The fourth-order valence-electron chi connectivity index (χ4n) is 3.42. The lowest BCUT2D eigenvalue weighted by molar-refractivity contribution is -0.129. The zero-order chi connectivity index (χ0) is 21.0. The minimum atomic E-state index is -3.57. The normalized spacial score (nSPS) is 14.6. The Kier molecular flexibility index (Phi) is 6.32. The van der Waals surface area contributed by atoms with Crippen molar-refractivity contribution in [2.24, 2.45) is 0 Å². The van der Waals surface area contributed by atoms with Gasteiger partial charge < -0.3 is 14.5 Å². The van der Waals surface area contributed by atoms with E-state index >= 15 is 0 Å². The van der Waals surface area contributed by atoms with Gasteiger partial charge in [0.15, 0.2) is 0 Å². The van der Waals surface area contributed by atoms with Crippen LogP contribution in [0.3, 0.4) is 0 Å². The maximum absolute atomic E-state index is 12.8. The Hall–Kier alpha value is -2.74. The number of methoxy groups -OCH3 is 1. The number of anilines is 2. The highest BCUT2D eigenvalue weighted by Gasteiger charge is 2.27. The monoisotopic (exact) mass is 417 g/mol. The topological polar surface area (TPSA) is 70.2 Å². The first-order valence-corrected chi connectivity index (χ1v) is 11.3. The number of para-hydroxylation sites is 2. The van der Waals surface area contributed by atoms with Gasteiger partial charge in [0.2, 0.25) is 15.9 Å². The van der Waals surface area contributed by atoms with Gasteiger partial charge in [-0.15, -0.1) is 0 Å². The zero-order valence-electron chi connectivity index (χ0n) is 17.0. The molecule has 0 aliphatic carbocycles. The molecule has 1 saturated heterocycles. The predicted octanol–water partition coefficient (Wildman–Crippen LogP) is 2.12. The van der Waals surface area contributed by atoms with E-state index in [9.17, 15) is 13.2 Å². The van der Waals surface area contributed by atoms with Gasteiger partial charge >= 0.3 is 0 Å². The Morgan fingerprint density at radius 1 is 1.03 bits per heavy atom. The fourth-order valence-corrected chi connectivity index (χ4v) is 4.27. The zero-order valence-corrected chi connectivity index (χ0v) is 17.9. The van der Waals surface area contributed by atoms with Crippen molar-refractivity contribution >= 4 is 27.3 Å². The number of hydrogen-bond acceptors (Lipinski definition) is 5. The van der Waals surface area contributed by atoms with Crippen molar-refractivity contribution < 1.29 is 17.9 Å². The molecule has 0 saturated carbocycles. The summed E-state index contributed by atoms with van der Waals surface area (Å²) in [6, 6.07) is 14.9. The first-order valence-electron chi connectivity index (χ1n) is 9.49. The summed E-state index contributed by atoms with van der Waals surface area (Å²) in [6.45, 7) is 4.12. The van der Waals surface area contributed by atoms with Crippen molar-refractivity contribution in [3.63, 3.8) is 0 Å². The van der Waals surface area contributed by atoms with Crippen LogP contribution in [0.2, 0.25) is 0 Å². The van der Waals surface area contributed by atoms with Crippen molar-refractivity contribution in [1.82, 2.24) is 4.90 Å². The average molecular weight is 418 g/mol. The van der Waals surface area contributed by atoms with E-state index in [1.165, 1.54) is 4.31 Å². The highest BCUT2D eigenvalue weighted by Crippen LogP contribution is 2.28. The van der Waals surface area contributed by atoms with Crippen molar-refractivity contribution in [2.45, 2.75) is 6.92 Å². The lowest BCUT2D eigenvalue weighted by atomic mass is 10.2. The van der Waals surface area contributed by atoms with E-state index < -0.39 is 10.0 Å². The number of hydrogen-bond donors (Lipinski definition) is 0. The number of nitrogens with zero attached hydrogens (tertiary/aromatic N) is 3. The molecule has 0 N–H and O–H groups in total. The molecule has 1 fully saturated rings. The molecule has 29 heavy (non-hydrogen) atoms. The summed E-state index contributed by atoms with van der Waals surface area (Å²) in [4.78, 5) is 16.7. The maximum atomic E-state index is 12.8. The number of piperazine rings is 1. The SMILES string of the molecule is COc1ccccc1N1CCN(C(=O)CN(c2ccc(C)cc2)S(C)(=O)=O)CC1. The fraction of sp³-hybridized carbons (Fsp3) is 0.381. The molecule has 7 nitrogen and oxygen atoms in total. The third-order valence-corrected chi connectivity index (χ3v) is 6.20. The molecule has 1 aliphatic heterocycles. The van der Waals surface area contributed by atoms with E-state index in [1.54, 1.807) is 24.1 Å². The van der Waals surface area contributed by atoms with Crippen LogP contribution in [0.5, 0.6) is 5.75 Å². The van der Waals surface area contributed by atoms with Crippen molar-refractivity contribution in [1.29, 1.82) is 0 Å². The van der Waals surface area contributed by atoms with Gasteiger partial charge in [0, 0.05) is 26.2 Å². The predicted molar refractivity (Wildman–Crippen MR) is 115 cm³/mol. The van der Waals surface area contributed by atoms with Gasteiger partial charge in [-0.1, -0.05) is 29.8 Å². The van der Waals surface area contributed by atoms with Crippen LogP contribution in [0, 0.1) is 6.92 Å². The number of carbonyl (C=O) groups excluding carboxylic acids is 1. The molecule has 8 heteroatoms. The van der Waals surface area contributed by atoms with Crippen LogP contribution in [0.25, 0.3) is 0 Å². The highest BCUT2D eigenvalue weighted by atomic mass is 32.2. The molecule has 2 aromatic carbocycles. The molecule has 2 aromatic rings. The minimum Gasteiger partial charge on any atom is -0.495 e. The number of rotatable bonds is 6. The van der Waals surface area contributed by atoms with Crippen LogP contribution < -0.4 is 13.9 Å². The molecule has 0 unspecified atom stereocenters. The van der Waals surface area contributed by atoms with Crippen molar-refractivity contribution in [3.8, 4) is 5.75 Å². The second-order valence-electron chi connectivity index (χ2n) is 7.14. The van der Waals surface area contributed by atoms with E-state index in [1.807, 2.05) is 43.3 Å². The van der Waals surface area contributed by atoms with Gasteiger partial charge in [-0.3, -0.25) is 9.10 Å². The van der Waals surface area contributed by atoms with Gasteiger partial charge in [0.1, 0.15) is 12.3 Å². The number of benzene rings is 2. The molecular formula is C21H27N3O4S. The summed E-state index contributed by atoms with van der Waals surface area (Å²) >= 11 is 0. The Balaban J connectivity index is 1.67. The third kappa shape index (κ3) is 5.00. The lowest BCUT2D eigenvalue weighted by Crippen LogP contribution is -2.52. The summed E-state index contributed by atoms with van der Waals surface area (Å²) in [5, 5.41) is 0. The van der Waals surface area contributed by atoms with Crippen LogP contribution in [0.15, 0.2) is 48.5 Å². The van der Waals surface area contributed by atoms with Crippen LogP contribution in [0.1, 0.15) is 5.56 Å². The maximum Gasteiger partial charge on any atom is 0.243 e. The van der Waals surface area contributed by atoms with E-state index in [0.717, 1.165) is 23.3 Å². The molecule has 0 atom stereocenters. The summed E-state index contributed by atoms with van der Waals surface area (Å²) in [5.41, 5.74) is 2.53. The van der Waals surface area contributed by atoms with Crippen molar-refractivity contribution in [3.05, 3.63) is 54.1 Å². The van der Waals surface area contributed by atoms with Crippen LogP contribution >= 0.6 is 0 Å². The minimum absolute atomic E-state index is 0.198. The molecule has 1 amide bonds. The smallest absolute Gasteiger partial charge is 0.243 e. The molecule has 0 radical (unpaired) electrons. The molecule has 1 heterocycles. The molecule has 1 aliphatic rings. The largest absolute Gasteiger partial charge is 0.495 e. The lowest BCUT2D eigenvalue weighted by Gasteiger charge is -2.37. The van der Waals surface area contributed by atoms with E-state index in [4.69, 9.17) is 4.74 Å². The first kappa shape index (κ1) is 21.0. The molecule has 156 valence electrons. The third-order valence-electron chi connectivity index (χ3n) is 5.06. The summed E-state index contributed by atoms with van der Waals surface area (Å²) < 4.78 is 31.1. The standard InChI is InChI=1S/C21H27N3O4S/c1-17-8-10-18(11-9-17)24(29(3,26)27)16-21(25)23-14-12-22(13-15-23)19-6-4-5-7-20(19)28-2/h4-11H,12-16H2,1-3H3. The van der Waals surface area contributed by atoms with Gasteiger partial charge in [-0.05, 0) is 31.2 Å². The number of ether oxygens (including phenoxy) is 1. The summed E-state index contributed by atoms with van der Waals surface area (Å²) in [6.07, 6.45) is 1.12. The Bertz CT molecular complexity index is 952. The Labute approximate surface area is 172 Å².